The molecule has 0 saturated heterocycles. The molecule has 0 aliphatic heterocycles. The molecule has 0 N–H and O–H groups in total. The van der Waals surface area contributed by atoms with Crippen LogP contribution in [0.15, 0.2) is 36.9 Å². The van der Waals surface area contributed by atoms with Crippen molar-refractivity contribution in [3.63, 3.8) is 0 Å². The highest BCUT2D eigenvalue weighted by atomic mass is 19.1. The van der Waals surface area contributed by atoms with Crippen LogP contribution in [0.3, 0.4) is 0 Å². The Morgan fingerprint density at radius 1 is 1.15 bits per heavy atom. The van der Waals surface area contributed by atoms with Gasteiger partial charge in [-0.3, -0.25) is 0 Å². The largest absolute Gasteiger partial charge is 0.462 e. The minimum Gasteiger partial charge on any atom is -0.462 e. The van der Waals surface area contributed by atoms with Gasteiger partial charge in [-0.05, 0) is 37.5 Å². The van der Waals surface area contributed by atoms with Crippen LogP contribution >= 0.6 is 0 Å². The van der Waals surface area contributed by atoms with Crippen LogP contribution in [0, 0.1) is 5.82 Å². The van der Waals surface area contributed by atoms with E-state index in [0.29, 0.717) is 6.61 Å². The number of halogens is 1. The van der Waals surface area contributed by atoms with Gasteiger partial charge in [-0.15, -0.1) is 6.58 Å². The van der Waals surface area contributed by atoms with Gasteiger partial charge in [0.05, 0.1) is 12.2 Å². The minimum absolute atomic E-state index is 0.273. The fourth-order valence-electron chi connectivity index (χ4n) is 1.96. The molecule has 0 amide bonds. The summed E-state index contributed by atoms with van der Waals surface area (Å²) < 4.78 is 18.0. The number of benzene rings is 1. The van der Waals surface area contributed by atoms with Crippen molar-refractivity contribution in [1.82, 2.24) is 0 Å². The van der Waals surface area contributed by atoms with E-state index in [1.807, 2.05) is 6.08 Å². The summed E-state index contributed by atoms with van der Waals surface area (Å²) in [6.07, 6.45) is 9.78. The Bertz CT molecular complexity index is 415. The van der Waals surface area contributed by atoms with Crippen LogP contribution in [0.25, 0.3) is 0 Å². The highest BCUT2D eigenvalue weighted by molar-refractivity contribution is 5.89. The van der Waals surface area contributed by atoms with E-state index in [2.05, 4.69) is 6.58 Å². The second kappa shape index (κ2) is 10.2. The van der Waals surface area contributed by atoms with Crippen LogP contribution in [-0.4, -0.2) is 12.6 Å². The van der Waals surface area contributed by atoms with E-state index in [-0.39, 0.29) is 5.56 Å². The molecule has 0 aliphatic carbocycles. The van der Waals surface area contributed by atoms with Gasteiger partial charge in [-0.1, -0.05) is 37.8 Å². The fraction of sp³-hybridized carbons (Fsp3) is 0.471. The van der Waals surface area contributed by atoms with Crippen molar-refractivity contribution in [2.75, 3.05) is 6.61 Å². The lowest BCUT2D eigenvalue weighted by Crippen LogP contribution is -2.06. The second-order valence-corrected chi connectivity index (χ2v) is 4.84. The molecular weight excluding hydrogens is 255 g/mol. The summed E-state index contributed by atoms with van der Waals surface area (Å²) in [6.45, 7) is 4.10. The van der Waals surface area contributed by atoms with Gasteiger partial charge in [0.25, 0.3) is 0 Å². The quantitative estimate of drug-likeness (QED) is 0.346. The van der Waals surface area contributed by atoms with E-state index in [1.165, 1.54) is 37.5 Å². The van der Waals surface area contributed by atoms with Gasteiger partial charge in [0.15, 0.2) is 0 Å². The number of rotatable bonds is 10. The van der Waals surface area contributed by atoms with Crippen LogP contribution in [0.4, 0.5) is 4.39 Å². The predicted molar refractivity (Wildman–Crippen MR) is 79.2 cm³/mol. The summed E-state index contributed by atoms with van der Waals surface area (Å²) in [5.74, 6) is -0.866. The molecular formula is C17H23FO2. The first-order chi connectivity index (χ1) is 9.74. The van der Waals surface area contributed by atoms with E-state index < -0.39 is 11.8 Å². The van der Waals surface area contributed by atoms with Crippen molar-refractivity contribution < 1.29 is 13.9 Å². The Balaban J connectivity index is 2.04. The first-order valence-electron chi connectivity index (χ1n) is 7.27. The molecule has 1 aromatic rings. The normalized spacial score (nSPS) is 10.2. The van der Waals surface area contributed by atoms with Crippen molar-refractivity contribution in [2.45, 2.75) is 44.9 Å². The molecule has 1 rings (SSSR count). The molecule has 0 aliphatic rings. The molecule has 0 heterocycles. The third kappa shape index (κ3) is 7.07. The SMILES string of the molecule is C=CCCCCCCCCOC(=O)c1cccc(F)c1. The van der Waals surface area contributed by atoms with Crippen molar-refractivity contribution in [3.8, 4) is 0 Å². The Hall–Kier alpha value is -1.64. The second-order valence-electron chi connectivity index (χ2n) is 4.84. The molecule has 20 heavy (non-hydrogen) atoms. The fourth-order valence-corrected chi connectivity index (χ4v) is 1.96. The lowest BCUT2D eigenvalue weighted by Gasteiger charge is -2.05. The van der Waals surface area contributed by atoms with E-state index in [1.54, 1.807) is 6.07 Å². The molecule has 1 aromatic carbocycles. The Labute approximate surface area is 120 Å². The average Bonchev–Trinajstić information content (AvgIpc) is 2.45. The predicted octanol–water partition coefficient (Wildman–Crippen LogP) is 4.90. The third-order valence-corrected chi connectivity index (χ3v) is 3.10. The van der Waals surface area contributed by atoms with Crippen LogP contribution < -0.4 is 0 Å². The summed E-state index contributed by atoms with van der Waals surface area (Å²) in [4.78, 5) is 11.6. The number of esters is 1. The smallest absolute Gasteiger partial charge is 0.338 e. The van der Waals surface area contributed by atoms with Gasteiger partial charge in [-0.2, -0.15) is 0 Å². The molecule has 0 atom stereocenters. The monoisotopic (exact) mass is 278 g/mol. The minimum atomic E-state index is -0.449. The zero-order chi connectivity index (χ0) is 14.6. The topological polar surface area (TPSA) is 26.3 Å². The molecule has 0 saturated carbocycles. The zero-order valence-electron chi connectivity index (χ0n) is 11.9. The highest BCUT2D eigenvalue weighted by Gasteiger charge is 2.07. The number of unbranched alkanes of at least 4 members (excludes halogenated alkanes) is 6. The molecule has 2 nitrogen and oxygen atoms in total. The number of hydrogen-bond donors (Lipinski definition) is 0. The van der Waals surface area contributed by atoms with E-state index in [9.17, 15) is 9.18 Å². The number of carbonyl (C=O) groups excluding carboxylic acids is 1. The van der Waals surface area contributed by atoms with Crippen molar-refractivity contribution in [2.24, 2.45) is 0 Å². The Morgan fingerprint density at radius 3 is 2.55 bits per heavy atom. The number of allylic oxidation sites excluding steroid dienone is 1. The van der Waals surface area contributed by atoms with Crippen LogP contribution in [0.2, 0.25) is 0 Å². The maximum absolute atomic E-state index is 12.9. The van der Waals surface area contributed by atoms with Crippen molar-refractivity contribution in [3.05, 3.63) is 48.3 Å². The lowest BCUT2D eigenvalue weighted by atomic mass is 10.1. The average molecular weight is 278 g/mol. The van der Waals surface area contributed by atoms with Gasteiger partial charge >= 0.3 is 5.97 Å². The van der Waals surface area contributed by atoms with E-state index >= 15 is 0 Å². The first kappa shape index (κ1) is 16.4. The highest BCUT2D eigenvalue weighted by Crippen LogP contribution is 2.09. The molecule has 0 aromatic heterocycles. The standard InChI is InChI=1S/C17H23FO2/c1-2-3-4-5-6-7-8-9-13-20-17(19)15-11-10-12-16(18)14-15/h2,10-12,14H,1,3-9,13H2. The van der Waals surface area contributed by atoms with Gasteiger partial charge in [0, 0.05) is 0 Å². The summed E-state index contributed by atoms with van der Waals surface area (Å²) in [5, 5.41) is 0. The van der Waals surface area contributed by atoms with Crippen molar-refractivity contribution in [1.29, 1.82) is 0 Å². The number of ether oxygens (including phenoxy) is 1. The molecule has 110 valence electrons. The van der Waals surface area contributed by atoms with Gasteiger partial charge < -0.3 is 4.74 Å². The number of carbonyl (C=O) groups is 1. The van der Waals surface area contributed by atoms with Gasteiger partial charge in [0.1, 0.15) is 5.82 Å². The van der Waals surface area contributed by atoms with Crippen molar-refractivity contribution >= 4 is 5.97 Å². The molecule has 3 heteroatoms. The molecule has 0 fully saturated rings. The van der Waals surface area contributed by atoms with Gasteiger partial charge in [0.2, 0.25) is 0 Å². The lowest BCUT2D eigenvalue weighted by molar-refractivity contribution is 0.0497. The third-order valence-electron chi connectivity index (χ3n) is 3.10. The first-order valence-corrected chi connectivity index (χ1v) is 7.27. The van der Waals surface area contributed by atoms with Crippen LogP contribution in [0.1, 0.15) is 55.3 Å². The molecule has 0 unspecified atom stereocenters. The summed E-state index contributed by atoms with van der Waals surface area (Å²) >= 11 is 0. The van der Waals surface area contributed by atoms with E-state index in [0.717, 1.165) is 25.7 Å². The molecule has 0 bridgehead atoms. The summed E-state index contributed by atoms with van der Waals surface area (Å²) in [7, 11) is 0. The summed E-state index contributed by atoms with van der Waals surface area (Å²) in [5.41, 5.74) is 0.273. The zero-order valence-corrected chi connectivity index (χ0v) is 11.9. The maximum Gasteiger partial charge on any atom is 0.338 e. The molecule has 0 radical (unpaired) electrons. The Kier molecular flexibility index (Phi) is 8.36. The summed E-state index contributed by atoms with van der Waals surface area (Å²) in [6, 6.07) is 5.57. The molecule has 0 spiro atoms. The van der Waals surface area contributed by atoms with Gasteiger partial charge in [-0.25, -0.2) is 9.18 Å². The van der Waals surface area contributed by atoms with Crippen LogP contribution in [0.5, 0.6) is 0 Å². The number of hydrogen-bond acceptors (Lipinski definition) is 2. The van der Waals surface area contributed by atoms with Crippen LogP contribution in [-0.2, 0) is 4.74 Å². The van der Waals surface area contributed by atoms with E-state index in [4.69, 9.17) is 4.74 Å². The Morgan fingerprint density at radius 2 is 1.85 bits per heavy atom. The maximum atomic E-state index is 12.9.